The lowest BCUT2D eigenvalue weighted by Gasteiger charge is -2.27. The van der Waals surface area contributed by atoms with Gasteiger partial charge in [-0.2, -0.15) is 0 Å². The highest BCUT2D eigenvalue weighted by molar-refractivity contribution is 5.91. The fourth-order valence-corrected chi connectivity index (χ4v) is 2.91. The number of benzene rings is 1. The third-order valence-corrected chi connectivity index (χ3v) is 3.99. The van der Waals surface area contributed by atoms with Gasteiger partial charge < -0.3 is 10.6 Å². The predicted molar refractivity (Wildman–Crippen MR) is 79.5 cm³/mol. The third-order valence-electron chi connectivity index (χ3n) is 3.99. The Bertz CT molecular complexity index is 436. The molecule has 1 fully saturated rings. The van der Waals surface area contributed by atoms with E-state index >= 15 is 0 Å². The summed E-state index contributed by atoms with van der Waals surface area (Å²) in [6, 6.07) is 6.30. The van der Waals surface area contributed by atoms with Gasteiger partial charge in [0.05, 0.1) is 0 Å². The zero-order chi connectivity index (χ0) is 13.8. The normalized spacial score (nSPS) is 22.9. The number of aryl methyl sites for hydroxylation is 2. The molecule has 2 unspecified atom stereocenters. The minimum absolute atomic E-state index is 0.0727. The van der Waals surface area contributed by atoms with Crippen LogP contribution in [0.2, 0.25) is 0 Å². The molecule has 1 aromatic rings. The smallest absolute Gasteiger partial charge is 0.319 e. The molecule has 19 heavy (non-hydrogen) atoms. The molecule has 0 radical (unpaired) electrons. The summed E-state index contributed by atoms with van der Waals surface area (Å²) in [5, 5.41) is 6.09. The van der Waals surface area contributed by atoms with Crippen LogP contribution in [0.1, 0.15) is 43.7 Å². The molecule has 0 heterocycles. The number of amides is 2. The number of hydrogen-bond acceptors (Lipinski definition) is 1. The molecule has 3 nitrogen and oxygen atoms in total. The van der Waals surface area contributed by atoms with Gasteiger partial charge in [0.15, 0.2) is 0 Å². The van der Waals surface area contributed by atoms with E-state index in [1.54, 1.807) is 0 Å². The fraction of sp³-hybridized carbons (Fsp3) is 0.562. The molecule has 0 aliphatic heterocycles. The van der Waals surface area contributed by atoms with E-state index in [0.717, 1.165) is 35.6 Å². The Hall–Kier alpha value is -1.51. The van der Waals surface area contributed by atoms with E-state index in [0.29, 0.717) is 6.04 Å². The van der Waals surface area contributed by atoms with Gasteiger partial charge in [0, 0.05) is 11.7 Å². The summed E-state index contributed by atoms with van der Waals surface area (Å²) in [5.41, 5.74) is 3.14. The summed E-state index contributed by atoms with van der Waals surface area (Å²) in [4.78, 5) is 12.1. The molecule has 2 atom stereocenters. The van der Waals surface area contributed by atoms with Gasteiger partial charge in [0.2, 0.25) is 0 Å². The molecule has 0 saturated heterocycles. The van der Waals surface area contributed by atoms with E-state index in [4.69, 9.17) is 0 Å². The molecular formula is C16H24N2O. The number of carbonyl (C=O) groups excluding carboxylic acids is 1. The topological polar surface area (TPSA) is 41.1 Å². The van der Waals surface area contributed by atoms with Crippen molar-refractivity contribution in [3.8, 4) is 0 Å². The molecule has 3 heteroatoms. The summed E-state index contributed by atoms with van der Waals surface area (Å²) in [5.74, 6) is 0.722. The van der Waals surface area contributed by atoms with Crippen LogP contribution in [0.5, 0.6) is 0 Å². The SMILES string of the molecule is Cc1cccc(C)c1NC(=O)NC1CCCC(C)C1. The van der Waals surface area contributed by atoms with Gasteiger partial charge in [0.25, 0.3) is 0 Å². The second-order valence-electron chi connectivity index (χ2n) is 5.83. The van der Waals surface area contributed by atoms with E-state index in [1.807, 2.05) is 32.0 Å². The van der Waals surface area contributed by atoms with Crippen LogP contribution in [0.25, 0.3) is 0 Å². The Balaban J connectivity index is 1.94. The minimum Gasteiger partial charge on any atom is -0.335 e. The maximum Gasteiger partial charge on any atom is 0.319 e. The molecule has 2 rings (SSSR count). The Kier molecular flexibility index (Phi) is 4.46. The summed E-state index contributed by atoms with van der Waals surface area (Å²) in [6.07, 6.45) is 4.71. The summed E-state index contributed by atoms with van der Waals surface area (Å²) >= 11 is 0. The van der Waals surface area contributed by atoms with Crippen LogP contribution < -0.4 is 10.6 Å². The van der Waals surface area contributed by atoms with Crippen LogP contribution in [0, 0.1) is 19.8 Å². The van der Waals surface area contributed by atoms with Crippen molar-refractivity contribution < 1.29 is 4.79 Å². The lowest BCUT2D eigenvalue weighted by Crippen LogP contribution is -2.40. The number of nitrogens with one attached hydrogen (secondary N) is 2. The monoisotopic (exact) mass is 260 g/mol. The Morgan fingerprint density at radius 2 is 1.89 bits per heavy atom. The van der Waals surface area contributed by atoms with E-state index in [-0.39, 0.29) is 6.03 Å². The first kappa shape index (κ1) is 13.9. The molecule has 0 aromatic heterocycles. The molecule has 1 aliphatic rings. The molecule has 1 aromatic carbocycles. The van der Waals surface area contributed by atoms with Crippen LogP contribution in [0.4, 0.5) is 10.5 Å². The highest BCUT2D eigenvalue weighted by Gasteiger charge is 2.20. The predicted octanol–water partition coefficient (Wildman–Crippen LogP) is 4.00. The lowest BCUT2D eigenvalue weighted by molar-refractivity contribution is 0.238. The first-order valence-corrected chi connectivity index (χ1v) is 7.20. The van der Waals surface area contributed by atoms with E-state index in [9.17, 15) is 4.79 Å². The molecule has 2 N–H and O–H groups in total. The molecule has 1 aliphatic carbocycles. The molecule has 104 valence electrons. The van der Waals surface area contributed by atoms with E-state index < -0.39 is 0 Å². The number of rotatable bonds is 2. The first-order valence-electron chi connectivity index (χ1n) is 7.20. The van der Waals surface area contributed by atoms with Gasteiger partial charge in [-0.25, -0.2) is 4.79 Å². The van der Waals surface area contributed by atoms with Crippen molar-refractivity contribution in [2.45, 2.75) is 52.5 Å². The van der Waals surface area contributed by atoms with Crippen molar-refractivity contribution in [1.82, 2.24) is 5.32 Å². The number of anilines is 1. The molecule has 2 amide bonds. The van der Waals surface area contributed by atoms with Gasteiger partial charge in [-0.15, -0.1) is 0 Å². The number of hydrogen-bond donors (Lipinski definition) is 2. The minimum atomic E-state index is -0.0727. The van der Waals surface area contributed by atoms with Crippen LogP contribution in [0.3, 0.4) is 0 Å². The van der Waals surface area contributed by atoms with Crippen LogP contribution in [-0.2, 0) is 0 Å². The van der Waals surface area contributed by atoms with Crippen LogP contribution >= 0.6 is 0 Å². The average Bonchev–Trinajstić information content (AvgIpc) is 2.34. The van der Waals surface area contributed by atoms with Crippen molar-refractivity contribution in [2.24, 2.45) is 5.92 Å². The van der Waals surface area contributed by atoms with Gasteiger partial charge in [-0.1, -0.05) is 38.0 Å². The van der Waals surface area contributed by atoms with Crippen molar-refractivity contribution in [3.05, 3.63) is 29.3 Å². The lowest BCUT2D eigenvalue weighted by atomic mass is 9.87. The van der Waals surface area contributed by atoms with E-state index in [2.05, 4.69) is 17.6 Å². The highest BCUT2D eigenvalue weighted by atomic mass is 16.2. The van der Waals surface area contributed by atoms with E-state index in [1.165, 1.54) is 12.8 Å². The summed E-state index contributed by atoms with van der Waals surface area (Å²) in [6.45, 7) is 6.30. The number of para-hydroxylation sites is 1. The maximum absolute atomic E-state index is 12.1. The van der Waals surface area contributed by atoms with Crippen LogP contribution in [0.15, 0.2) is 18.2 Å². The second-order valence-corrected chi connectivity index (χ2v) is 5.83. The van der Waals surface area contributed by atoms with Gasteiger partial charge >= 0.3 is 6.03 Å². The average molecular weight is 260 g/mol. The van der Waals surface area contributed by atoms with Gasteiger partial charge in [-0.05, 0) is 43.7 Å². The molecular weight excluding hydrogens is 236 g/mol. The highest BCUT2D eigenvalue weighted by Crippen LogP contribution is 2.24. The maximum atomic E-state index is 12.1. The summed E-state index contributed by atoms with van der Waals surface area (Å²) in [7, 11) is 0. The zero-order valence-electron chi connectivity index (χ0n) is 12.1. The third kappa shape index (κ3) is 3.72. The largest absolute Gasteiger partial charge is 0.335 e. The first-order chi connectivity index (χ1) is 9.06. The second kappa shape index (κ2) is 6.09. The Morgan fingerprint density at radius 3 is 2.53 bits per heavy atom. The van der Waals surface area contributed by atoms with Gasteiger partial charge in [0.1, 0.15) is 0 Å². The fourth-order valence-electron chi connectivity index (χ4n) is 2.91. The quantitative estimate of drug-likeness (QED) is 0.829. The van der Waals surface area contributed by atoms with Crippen molar-refractivity contribution in [3.63, 3.8) is 0 Å². The van der Waals surface area contributed by atoms with Gasteiger partial charge in [-0.3, -0.25) is 0 Å². The number of urea groups is 1. The summed E-state index contributed by atoms with van der Waals surface area (Å²) < 4.78 is 0. The standard InChI is InChI=1S/C16H24N2O/c1-11-6-4-9-14(10-11)17-16(19)18-15-12(2)7-5-8-13(15)3/h5,7-8,11,14H,4,6,9-10H2,1-3H3,(H2,17,18,19). The molecule has 0 bridgehead atoms. The number of carbonyl (C=O) groups is 1. The van der Waals surface area contributed by atoms with Crippen molar-refractivity contribution >= 4 is 11.7 Å². The molecule has 0 spiro atoms. The Morgan fingerprint density at radius 1 is 1.21 bits per heavy atom. The molecule has 1 saturated carbocycles. The van der Waals surface area contributed by atoms with Crippen LogP contribution in [-0.4, -0.2) is 12.1 Å². The Labute approximate surface area is 115 Å². The van der Waals surface area contributed by atoms with Crippen molar-refractivity contribution in [1.29, 1.82) is 0 Å². The zero-order valence-corrected chi connectivity index (χ0v) is 12.1. The van der Waals surface area contributed by atoms with Crippen molar-refractivity contribution in [2.75, 3.05) is 5.32 Å².